The van der Waals surface area contributed by atoms with Crippen molar-refractivity contribution in [3.63, 3.8) is 0 Å². The molecule has 102 valence electrons. The minimum Gasteiger partial charge on any atom is -0.444 e. The van der Waals surface area contributed by atoms with Crippen molar-refractivity contribution in [3.05, 3.63) is 35.5 Å². The molecule has 1 aromatic heterocycles. The average Bonchev–Trinajstić information content (AvgIpc) is 2.69. The van der Waals surface area contributed by atoms with Crippen LogP contribution in [0.3, 0.4) is 0 Å². The molecule has 0 radical (unpaired) electrons. The second-order valence-corrected chi connectivity index (χ2v) is 5.67. The van der Waals surface area contributed by atoms with Crippen molar-refractivity contribution >= 4 is 17.0 Å². The molecule has 1 heterocycles. The average molecular weight is 260 g/mol. The number of fused-ring (bicyclic) bond motifs is 1. The van der Waals surface area contributed by atoms with Gasteiger partial charge >= 0.3 is 6.09 Å². The van der Waals surface area contributed by atoms with Crippen molar-refractivity contribution in [2.75, 3.05) is 0 Å². The number of amides is 1. The Kier molecular flexibility index (Phi) is 3.51. The van der Waals surface area contributed by atoms with Crippen molar-refractivity contribution in [1.29, 1.82) is 0 Å². The van der Waals surface area contributed by atoms with E-state index >= 15 is 0 Å². The molecule has 0 atom stereocenters. The third-order valence-corrected chi connectivity index (χ3v) is 2.83. The highest BCUT2D eigenvalue weighted by molar-refractivity contribution is 5.86. The Hall–Kier alpha value is -1.97. The SMILES string of the molecule is Cc1cccc2c(CNC(=O)OC(C)(C)C)c[nH]c12. The fraction of sp³-hybridized carbons (Fsp3) is 0.400. The van der Waals surface area contributed by atoms with E-state index in [1.54, 1.807) is 0 Å². The van der Waals surface area contributed by atoms with E-state index in [0.29, 0.717) is 6.54 Å². The van der Waals surface area contributed by atoms with Gasteiger partial charge in [-0.3, -0.25) is 0 Å². The summed E-state index contributed by atoms with van der Waals surface area (Å²) in [7, 11) is 0. The standard InChI is InChI=1S/C15H20N2O2/c1-10-6-5-7-12-11(8-16-13(10)12)9-17-14(18)19-15(2,3)4/h5-8,16H,9H2,1-4H3,(H,17,18). The van der Waals surface area contributed by atoms with Crippen LogP contribution in [0.1, 0.15) is 31.9 Å². The van der Waals surface area contributed by atoms with Crippen molar-refractivity contribution in [2.45, 2.75) is 39.8 Å². The number of alkyl carbamates (subject to hydrolysis) is 1. The number of carbonyl (C=O) groups excluding carboxylic acids is 1. The lowest BCUT2D eigenvalue weighted by Gasteiger charge is -2.19. The summed E-state index contributed by atoms with van der Waals surface area (Å²) in [5.74, 6) is 0. The van der Waals surface area contributed by atoms with Gasteiger partial charge in [0.05, 0.1) is 0 Å². The first-order valence-corrected chi connectivity index (χ1v) is 6.39. The topological polar surface area (TPSA) is 54.1 Å². The Labute approximate surface area is 113 Å². The maximum absolute atomic E-state index is 11.6. The Morgan fingerprint density at radius 3 is 2.79 bits per heavy atom. The molecule has 0 unspecified atom stereocenters. The van der Waals surface area contributed by atoms with Gasteiger partial charge in [-0.15, -0.1) is 0 Å². The van der Waals surface area contributed by atoms with Crippen molar-refractivity contribution in [3.8, 4) is 0 Å². The number of ether oxygens (including phenoxy) is 1. The predicted octanol–water partition coefficient (Wildman–Crippen LogP) is 3.50. The number of carbonyl (C=O) groups is 1. The van der Waals surface area contributed by atoms with Gasteiger partial charge in [-0.2, -0.15) is 0 Å². The molecule has 0 aliphatic rings. The van der Waals surface area contributed by atoms with Crippen LogP contribution in [0.15, 0.2) is 24.4 Å². The monoisotopic (exact) mass is 260 g/mol. The normalized spacial score (nSPS) is 11.6. The highest BCUT2D eigenvalue weighted by atomic mass is 16.6. The number of H-pyrrole nitrogens is 1. The van der Waals surface area contributed by atoms with E-state index in [-0.39, 0.29) is 0 Å². The summed E-state index contributed by atoms with van der Waals surface area (Å²) in [6, 6.07) is 6.12. The molecular formula is C15H20N2O2. The first-order chi connectivity index (χ1) is 8.87. The van der Waals surface area contributed by atoms with Crippen LogP contribution in [-0.2, 0) is 11.3 Å². The van der Waals surface area contributed by atoms with E-state index in [1.807, 2.05) is 39.1 Å². The number of hydrogen-bond acceptors (Lipinski definition) is 2. The van der Waals surface area contributed by atoms with E-state index < -0.39 is 11.7 Å². The second kappa shape index (κ2) is 4.96. The van der Waals surface area contributed by atoms with Gasteiger partial charge in [0, 0.05) is 23.6 Å². The number of hydrogen-bond donors (Lipinski definition) is 2. The van der Waals surface area contributed by atoms with Crippen LogP contribution in [0.25, 0.3) is 10.9 Å². The van der Waals surface area contributed by atoms with E-state index in [2.05, 4.69) is 23.3 Å². The van der Waals surface area contributed by atoms with E-state index in [4.69, 9.17) is 4.74 Å². The molecule has 1 aromatic carbocycles. The second-order valence-electron chi connectivity index (χ2n) is 5.67. The maximum atomic E-state index is 11.6. The minimum absolute atomic E-state index is 0.394. The molecule has 4 heteroatoms. The molecule has 0 bridgehead atoms. The smallest absolute Gasteiger partial charge is 0.407 e. The molecule has 0 saturated carbocycles. The largest absolute Gasteiger partial charge is 0.444 e. The predicted molar refractivity (Wildman–Crippen MR) is 76.1 cm³/mol. The molecule has 2 aromatic rings. The van der Waals surface area contributed by atoms with Crippen LogP contribution < -0.4 is 5.32 Å². The number of aryl methyl sites for hydroxylation is 1. The van der Waals surface area contributed by atoms with Crippen molar-refractivity contribution < 1.29 is 9.53 Å². The summed E-state index contributed by atoms with van der Waals surface area (Å²) in [5, 5.41) is 3.91. The molecule has 19 heavy (non-hydrogen) atoms. The zero-order valence-corrected chi connectivity index (χ0v) is 11.8. The number of aromatic amines is 1. The van der Waals surface area contributed by atoms with Gasteiger partial charge < -0.3 is 15.0 Å². The minimum atomic E-state index is -0.471. The summed E-state index contributed by atoms with van der Waals surface area (Å²) in [5.41, 5.74) is 2.90. The van der Waals surface area contributed by atoms with Crippen molar-refractivity contribution in [2.24, 2.45) is 0 Å². The van der Waals surface area contributed by atoms with Gasteiger partial charge in [0.15, 0.2) is 0 Å². The Bertz CT molecular complexity index is 594. The van der Waals surface area contributed by atoms with E-state index in [1.165, 1.54) is 5.56 Å². The molecule has 4 nitrogen and oxygen atoms in total. The first-order valence-electron chi connectivity index (χ1n) is 6.39. The van der Waals surface area contributed by atoms with Gasteiger partial charge in [-0.1, -0.05) is 18.2 Å². The number of benzene rings is 1. The Balaban J connectivity index is 2.07. The number of para-hydroxylation sites is 1. The van der Waals surface area contributed by atoms with Gasteiger partial charge in [-0.25, -0.2) is 4.79 Å². The van der Waals surface area contributed by atoms with Crippen LogP contribution >= 0.6 is 0 Å². The quantitative estimate of drug-likeness (QED) is 0.868. The summed E-state index contributed by atoms with van der Waals surface area (Å²) < 4.78 is 5.21. The van der Waals surface area contributed by atoms with Crippen molar-refractivity contribution in [1.82, 2.24) is 10.3 Å². The zero-order valence-electron chi connectivity index (χ0n) is 11.8. The highest BCUT2D eigenvalue weighted by Gasteiger charge is 2.16. The Morgan fingerprint density at radius 2 is 2.11 bits per heavy atom. The summed E-state index contributed by atoms with van der Waals surface area (Å²) in [6.45, 7) is 8.06. The molecule has 0 saturated heterocycles. The van der Waals surface area contributed by atoms with Gasteiger partial charge in [-0.05, 0) is 38.8 Å². The third-order valence-electron chi connectivity index (χ3n) is 2.83. The van der Waals surface area contributed by atoms with Crippen LogP contribution in [0.2, 0.25) is 0 Å². The van der Waals surface area contributed by atoms with Crippen LogP contribution in [0.4, 0.5) is 4.79 Å². The fourth-order valence-electron chi connectivity index (χ4n) is 1.99. The Morgan fingerprint density at radius 1 is 1.37 bits per heavy atom. The number of nitrogens with one attached hydrogen (secondary N) is 2. The summed E-state index contributed by atoms with van der Waals surface area (Å²) in [4.78, 5) is 14.8. The van der Waals surface area contributed by atoms with Crippen LogP contribution in [0.5, 0.6) is 0 Å². The highest BCUT2D eigenvalue weighted by Crippen LogP contribution is 2.21. The number of rotatable bonds is 2. The van der Waals surface area contributed by atoms with E-state index in [0.717, 1.165) is 16.5 Å². The van der Waals surface area contributed by atoms with Gasteiger partial charge in [0.1, 0.15) is 5.60 Å². The summed E-state index contributed by atoms with van der Waals surface area (Å²) >= 11 is 0. The van der Waals surface area contributed by atoms with Crippen LogP contribution in [0, 0.1) is 6.92 Å². The molecule has 1 amide bonds. The lowest BCUT2D eigenvalue weighted by Crippen LogP contribution is -2.32. The molecule has 0 aliphatic heterocycles. The van der Waals surface area contributed by atoms with Gasteiger partial charge in [0.25, 0.3) is 0 Å². The third kappa shape index (κ3) is 3.28. The fourth-order valence-corrected chi connectivity index (χ4v) is 1.99. The lowest BCUT2D eigenvalue weighted by molar-refractivity contribution is 0.0524. The molecule has 2 rings (SSSR count). The first kappa shape index (κ1) is 13.5. The van der Waals surface area contributed by atoms with Gasteiger partial charge in [0.2, 0.25) is 0 Å². The maximum Gasteiger partial charge on any atom is 0.407 e. The molecule has 0 fully saturated rings. The zero-order chi connectivity index (χ0) is 14.0. The van der Waals surface area contributed by atoms with Crippen LogP contribution in [-0.4, -0.2) is 16.7 Å². The molecule has 0 aliphatic carbocycles. The summed E-state index contributed by atoms with van der Waals surface area (Å²) in [6.07, 6.45) is 1.53. The molecule has 2 N–H and O–H groups in total. The van der Waals surface area contributed by atoms with E-state index in [9.17, 15) is 4.79 Å². The molecule has 0 spiro atoms. The lowest BCUT2D eigenvalue weighted by atomic mass is 10.1. The molecular weight excluding hydrogens is 240 g/mol. The number of aromatic nitrogens is 1.